The largest absolute Gasteiger partial charge is 0.480 e. The first-order chi connectivity index (χ1) is 6.25. The van der Waals surface area contributed by atoms with Gasteiger partial charge in [0.05, 0.1) is 6.61 Å². The van der Waals surface area contributed by atoms with Crippen LogP contribution < -0.4 is 5.32 Å². The minimum absolute atomic E-state index is 0.310. The van der Waals surface area contributed by atoms with Crippen LogP contribution in [0.15, 0.2) is 0 Å². The molecule has 0 spiro atoms. The monoisotopic (exact) mass is 188 g/mol. The quantitative estimate of drug-likeness (QED) is 0.515. The molecule has 1 aliphatic heterocycles. The van der Waals surface area contributed by atoms with Crippen LogP contribution in [0.5, 0.6) is 0 Å². The van der Waals surface area contributed by atoms with Crippen molar-refractivity contribution in [2.75, 3.05) is 32.8 Å². The Kier molecular flexibility index (Phi) is 4.14. The van der Waals surface area contributed by atoms with E-state index in [9.17, 15) is 4.79 Å². The maximum Gasteiger partial charge on any atom is 0.323 e. The zero-order valence-electron chi connectivity index (χ0n) is 7.57. The first kappa shape index (κ1) is 10.4. The fraction of sp³-hybridized carbons (Fsp3) is 0.875. The standard InChI is InChI=1S/C8H16N2O3/c11-6-7(8(12)13)10-4-1-2-9-3-5-10/h7,9,11H,1-6H2,(H,12,13). The van der Waals surface area contributed by atoms with E-state index < -0.39 is 12.0 Å². The van der Waals surface area contributed by atoms with E-state index in [2.05, 4.69) is 5.32 Å². The fourth-order valence-electron chi connectivity index (χ4n) is 1.53. The lowest BCUT2D eigenvalue weighted by Gasteiger charge is -2.25. The van der Waals surface area contributed by atoms with Gasteiger partial charge in [-0.3, -0.25) is 9.69 Å². The lowest BCUT2D eigenvalue weighted by atomic mass is 10.2. The number of carbonyl (C=O) groups is 1. The van der Waals surface area contributed by atoms with E-state index in [-0.39, 0.29) is 6.61 Å². The Morgan fingerprint density at radius 1 is 1.46 bits per heavy atom. The van der Waals surface area contributed by atoms with Crippen molar-refractivity contribution >= 4 is 5.97 Å². The Morgan fingerprint density at radius 3 is 2.85 bits per heavy atom. The molecule has 76 valence electrons. The van der Waals surface area contributed by atoms with Crippen molar-refractivity contribution in [2.24, 2.45) is 0 Å². The Hall–Kier alpha value is -0.650. The highest BCUT2D eigenvalue weighted by Gasteiger charge is 2.24. The summed E-state index contributed by atoms with van der Waals surface area (Å²) in [5.41, 5.74) is 0. The van der Waals surface area contributed by atoms with Gasteiger partial charge in [0.2, 0.25) is 0 Å². The summed E-state index contributed by atoms with van der Waals surface area (Å²) in [5.74, 6) is -0.940. The van der Waals surface area contributed by atoms with E-state index in [1.807, 2.05) is 4.90 Å². The van der Waals surface area contributed by atoms with Crippen molar-refractivity contribution < 1.29 is 15.0 Å². The van der Waals surface area contributed by atoms with Gasteiger partial charge in [0.15, 0.2) is 0 Å². The van der Waals surface area contributed by atoms with Gasteiger partial charge in [-0.25, -0.2) is 0 Å². The lowest BCUT2D eigenvalue weighted by molar-refractivity contribution is -0.144. The molecule has 0 aromatic rings. The summed E-state index contributed by atoms with van der Waals surface area (Å²) in [6.45, 7) is 2.84. The number of hydrogen-bond donors (Lipinski definition) is 3. The van der Waals surface area contributed by atoms with Gasteiger partial charge in [0.25, 0.3) is 0 Å². The number of aliphatic carboxylic acids is 1. The SMILES string of the molecule is O=C(O)C(CO)N1CCCNCC1. The maximum absolute atomic E-state index is 10.7. The number of carboxylic acid groups (broad SMARTS) is 1. The second-order valence-corrected chi connectivity index (χ2v) is 3.18. The maximum atomic E-state index is 10.7. The van der Waals surface area contributed by atoms with Gasteiger partial charge in [0.1, 0.15) is 6.04 Å². The molecule has 13 heavy (non-hydrogen) atoms. The molecule has 1 atom stereocenters. The summed E-state index contributed by atoms with van der Waals surface area (Å²) in [6, 6.07) is -0.736. The summed E-state index contributed by atoms with van der Waals surface area (Å²) < 4.78 is 0. The zero-order valence-corrected chi connectivity index (χ0v) is 7.57. The second kappa shape index (κ2) is 5.16. The van der Waals surface area contributed by atoms with Gasteiger partial charge in [-0.1, -0.05) is 0 Å². The highest BCUT2D eigenvalue weighted by molar-refractivity contribution is 5.73. The van der Waals surface area contributed by atoms with Gasteiger partial charge >= 0.3 is 5.97 Å². The summed E-state index contributed by atoms with van der Waals surface area (Å²) in [5, 5.41) is 20.9. The molecule has 0 bridgehead atoms. The first-order valence-corrected chi connectivity index (χ1v) is 4.54. The van der Waals surface area contributed by atoms with Gasteiger partial charge in [-0.05, 0) is 13.0 Å². The highest BCUT2D eigenvalue weighted by atomic mass is 16.4. The lowest BCUT2D eigenvalue weighted by Crippen LogP contribution is -2.45. The Morgan fingerprint density at radius 2 is 2.23 bits per heavy atom. The molecule has 3 N–H and O–H groups in total. The van der Waals surface area contributed by atoms with Crippen LogP contribution in [0, 0.1) is 0 Å². The molecule has 1 fully saturated rings. The molecule has 0 amide bonds. The number of hydrogen-bond acceptors (Lipinski definition) is 4. The average molecular weight is 188 g/mol. The van der Waals surface area contributed by atoms with E-state index in [0.29, 0.717) is 6.54 Å². The average Bonchev–Trinajstić information content (AvgIpc) is 2.33. The Balaban J connectivity index is 2.50. The molecule has 1 heterocycles. The van der Waals surface area contributed by atoms with Crippen molar-refractivity contribution in [3.05, 3.63) is 0 Å². The van der Waals surface area contributed by atoms with Crippen molar-refractivity contribution in [1.29, 1.82) is 0 Å². The minimum Gasteiger partial charge on any atom is -0.480 e. The van der Waals surface area contributed by atoms with Crippen LogP contribution in [0.25, 0.3) is 0 Å². The predicted octanol–water partition coefficient (Wildman–Crippen LogP) is -1.27. The summed E-state index contributed by atoms with van der Waals surface area (Å²) >= 11 is 0. The molecule has 1 saturated heterocycles. The Labute approximate surface area is 77.3 Å². The van der Waals surface area contributed by atoms with Crippen molar-refractivity contribution in [1.82, 2.24) is 10.2 Å². The van der Waals surface area contributed by atoms with Crippen molar-refractivity contribution in [2.45, 2.75) is 12.5 Å². The zero-order chi connectivity index (χ0) is 9.68. The molecule has 1 unspecified atom stereocenters. The second-order valence-electron chi connectivity index (χ2n) is 3.18. The molecular formula is C8H16N2O3. The molecule has 0 aliphatic carbocycles. The van der Waals surface area contributed by atoms with Crippen LogP contribution in [0.2, 0.25) is 0 Å². The van der Waals surface area contributed by atoms with Gasteiger partial charge in [0, 0.05) is 19.6 Å². The third kappa shape index (κ3) is 2.95. The van der Waals surface area contributed by atoms with Crippen molar-refractivity contribution in [3.63, 3.8) is 0 Å². The number of rotatable bonds is 3. The molecule has 1 aliphatic rings. The fourth-order valence-corrected chi connectivity index (χ4v) is 1.53. The van der Waals surface area contributed by atoms with Crippen LogP contribution in [0.3, 0.4) is 0 Å². The van der Waals surface area contributed by atoms with Crippen LogP contribution in [-0.2, 0) is 4.79 Å². The van der Waals surface area contributed by atoms with E-state index >= 15 is 0 Å². The van der Waals surface area contributed by atoms with Crippen LogP contribution in [-0.4, -0.2) is 59.9 Å². The number of aliphatic hydroxyl groups is 1. The predicted molar refractivity (Wildman–Crippen MR) is 47.6 cm³/mol. The van der Waals surface area contributed by atoms with Crippen LogP contribution >= 0.6 is 0 Å². The third-order valence-corrected chi connectivity index (χ3v) is 2.27. The van der Waals surface area contributed by atoms with Crippen molar-refractivity contribution in [3.8, 4) is 0 Å². The number of nitrogens with zero attached hydrogens (tertiary/aromatic N) is 1. The van der Waals surface area contributed by atoms with Crippen LogP contribution in [0.1, 0.15) is 6.42 Å². The van der Waals surface area contributed by atoms with Gasteiger partial charge in [-0.2, -0.15) is 0 Å². The normalized spacial score (nSPS) is 22.2. The summed E-state index contributed by atoms with van der Waals surface area (Å²) in [4.78, 5) is 12.5. The Bertz CT molecular complexity index is 167. The molecule has 5 nitrogen and oxygen atoms in total. The number of aliphatic hydroxyl groups excluding tert-OH is 1. The minimum atomic E-state index is -0.940. The number of carboxylic acids is 1. The third-order valence-electron chi connectivity index (χ3n) is 2.27. The molecule has 5 heteroatoms. The molecule has 1 rings (SSSR count). The topological polar surface area (TPSA) is 72.8 Å². The van der Waals surface area contributed by atoms with E-state index in [4.69, 9.17) is 10.2 Å². The molecule has 0 aromatic heterocycles. The summed E-state index contributed by atoms with van der Waals surface area (Å²) in [6.07, 6.45) is 0.934. The molecule has 0 radical (unpaired) electrons. The molecule has 0 aromatic carbocycles. The summed E-state index contributed by atoms with van der Waals surface area (Å²) in [7, 11) is 0. The van der Waals surface area contributed by atoms with Gasteiger partial charge < -0.3 is 15.5 Å². The van der Waals surface area contributed by atoms with E-state index in [1.165, 1.54) is 0 Å². The number of nitrogens with one attached hydrogen (secondary N) is 1. The molecule has 0 saturated carbocycles. The smallest absolute Gasteiger partial charge is 0.323 e. The van der Waals surface area contributed by atoms with Crippen LogP contribution in [0.4, 0.5) is 0 Å². The van der Waals surface area contributed by atoms with E-state index in [0.717, 1.165) is 26.1 Å². The van der Waals surface area contributed by atoms with E-state index in [1.54, 1.807) is 0 Å². The first-order valence-electron chi connectivity index (χ1n) is 4.54. The highest BCUT2D eigenvalue weighted by Crippen LogP contribution is 2.02. The van der Waals surface area contributed by atoms with Gasteiger partial charge in [-0.15, -0.1) is 0 Å². The molecular weight excluding hydrogens is 172 g/mol.